The standard InChI is InChI=1S/C17H25N5O2S/c1-12-13(9-14(25)10-15(12)19-20-18)11-21-5-7-22(8-6-21)16(23)24-17(2,3)4/h9-10,25H,5-8,11H2,1-4H3. The molecular formula is C17H25N5O2S. The van der Waals surface area contributed by atoms with Gasteiger partial charge in [0.25, 0.3) is 0 Å². The topological polar surface area (TPSA) is 81.5 Å². The zero-order valence-electron chi connectivity index (χ0n) is 15.2. The van der Waals surface area contributed by atoms with E-state index in [0.717, 1.165) is 35.7 Å². The summed E-state index contributed by atoms with van der Waals surface area (Å²) in [6.45, 7) is 11.1. The molecule has 0 bridgehead atoms. The normalized spacial score (nSPS) is 15.6. The van der Waals surface area contributed by atoms with Crippen LogP contribution in [0.3, 0.4) is 0 Å². The van der Waals surface area contributed by atoms with E-state index >= 15 is 0 Å². The van der Waals surface area contributed by atoms with E-state index in [2.05, 4.69) is 27.6 Å². The average Bonchev–Trinajstić information content (AvgIpc) is 2.51. The number of rotatable bonds is 3. The number of amides is 1. The Hall–Kier alpha value is -1.89. The van der Waals surface area contributed by atoms with Crippen molar-refractivity contribution in [2.24, 2.45) is 5.11 Å². The predicted molar refractivity (Wildman–Crippen MR) is 100 cm³/mol. The quantitative estimate of drug-likeness (QED) is 0.377. The van der Waals surface area contributed by atoms with Crippen LogP contribution < -0.4 is 0 Å². The molecule has 0 atom stereocenters. The van der Waals surface area contributed by atoms with E-state index in [4.69, 9.17) is 10.3 Å². The van der Waals surface area contributed by atoms with Crippen LogP contribution in [0.4, 0.5) is 10.5 Å². The van der Waals surface area contributed by atoms with Crippen molar-refractivity contribution in [3.63, 3.8) is 0 Å². The van der Waals surface area contributed by atoms with Gasteiger partial charge in [0.2, 0.25) is 0 Å². The first-order valence-electron chi connectivity index (χ1n) is 8.27. The lowest BCUT2D eigenvalue weighted by Crippen LogP contribution is -2.49. The van der Waals surface area contributed by atoms with Gasteiger partial charge in [-0.3, -0.25) is 4.90 Å². The number of nitrogens with zero attached hydrogens (tertiary/aromatic N) is 5. The fraction of sp³-hybridized carbons (Fsp3) is 0.588. The summed E-state index contributed by atoms with van der Waals surface area (Å²) in [5.74, 6) is 0. The van der Waals surface area contributed by atoms with Gasteiger partial charge in [-0.15, -0.1) is 12.6 Å². The summed E-state index contributed by atoms with van der Waals surface area (Å²) in [6, 6.07) is 3.76. The SMILES string of the molecule is Cc1c(CN2CCN(C(=O)OC(C)(C)C)CC2)cc(S)cc1N=[N+]=[N-]. The lowest BCUT2D eigenvalue weighted by Gasteiger charge is -2.35. The summed E-state index contributed by atoms with van der Waals surface area (Å²) < 4.78 is 5.42. The number of thiol groups is 1. The first-order valence-corrected chi connectivity index (χ1v) is 8.72. The molecule has 8 heteroatoms. The number of carbonyl (C=O) groups excluding carboxylic acids is 1. The smallest absolute Gasteiger partial charge is 0.410 e. The Morgan fingerprint density at radius 2 is 1.96 bits per heavy atom. The van der Waals surface area contributed by atoms with E-state index in [-0.39, 0.29) is 6.09 Å². The van der Waals surface area contributed by atoms with Crippen LogP contribution in [0, 0.1) is 6.92 Å². The van der Waals surface area contributed by atoms with E-state index in [1.54, 1.807) is 11.0 Å². The minimum Gasteiger partial charge on any atom is -0.444 e. The molecule has 1 aliphatic rings. The van der Waals surface area contributed by atoms with Gasteiger partial charge in [-0.1, -0.05) is 5.11 Å². The Bertz CT molecular complexity index is 687. The molecule has 1 amide bonds. The molecule has 1 aromatic rings. The van der Waals surface area contributed by atoms with Crippen molar-refractivity contribution in [1.29, 1.82) is 0 Å². The number of hydrogen-bond acceptors (Lipinski definition) is 5. The van der Waals surface area contributed by atoms with Crippen LogP contribution in [-0.2, 0) is 11.3 Å². The van der Waals surface area contributed by atoms with E-state index in [0.29, 0.717) is 18.8 Å². The molecule has 1 heterocycles. The Morgan fingerprint density at radius 3 is 2.52 bits per heavy atom. The number of hydrogen-bond donors (Lipinski definition) is 1. The molecule has 1 saturated heterocycles. The van der Waals surface area contributed by atoms with Crippen LogP contribution in [0.15, 0.2) is 22.1 Å². The lowest BCUT2D eigenvalue weighted by molar-refractivity contribution is 0.0139. The molecule has 0 saturated carbocycles. The second-order valence-electron chi connectivity index (χ2n) is 7.18. The van der Waals surface area contributed by atoms with Gasteiger partial charge in [0.15, 0.2) is 0 Å². The van der Waals surface area contributed by atoms with Crippen LogP contribution in [0.25, 0.3) is 10.4 Å². The van der Waals surface area contributed by atoms with Crippen LogP contribution in [-0.4, -0.2) is 47.7 Å². The van der Waals surface area contributed by atoms with Crippen molar-refractivity contribution in [2.45, 2.75) is 44.7 Å². The number of ether oxygens (including phenoxy) is 1. The van der Waals surface area contributed by atoms with E-state index < -0.39 is 5.60 Å². The Morgan fingerprint density at radius 1 is 1.32 bits per heavy atom. The van der Waals surface area contributed by atoms with Crippen LogP contribution in [0.5, 0.6) is 0 Å². The third-order valence-electron chi connectivity index (χ3n) is 4.04. The highest BCUT2D eigenvalue weighted by Gasteiger charge is 2.26. The van der Waals surface area contributed by atoms with Gasteiger partial charge in [-0.25, -0.2) is 4.79 Å². The maximum atomic E-state index is 12.1. The van der Waals surface area contributed by atoms with Gasteiger partial charge in [-0.05, 0) is 56.5 Å². The van der Waals surface area contributed by atoms with Crippen LogP contribution in [0.1, 0.15) is 31.9 Å². The fourth-order valence-corrected chi connectivity index (χ4v) is 2.99. The third kappa shape index (κ3) is 5.56. The number of benzene rings is 1. The molecule has 1 fully saturated rings. The molecule has 0 aromatic heterocycles. The average molecular weight is 363 g/mol. The summed E-state index contributed by atoms with van der Waals surface area (Å²) in [7, 11) is 0. The maximum absolute atomic E-state index is 12.1. The zero-order valence-corrected chi connectivity index (χ0v) is 16.1. The predicted octanol–water partition coefficient (Wildman–Crippen LogP) is 4.28. The summed E-state index contributed by atoms with van der Waals surface area (Å²) >= 11 is 4.39. The lowest BCUT2D eigenvalue weighted by atomic mass is 10.1. The van der Waals surface area contributed by atoms with Crippen molar-refractivity contribution in [3.8, 4) is 0 Å². The monoisotopic (exact) mass is 363 g/mol. The number of azide groups is 1. The summed E-state index contributed by atoms with van der Waals surface area (Å²) in [5, 5.41) is 3.73. The van der Waals surface area contributed by atoms with Gasteiger partial charge >= 0.3 is 6.09 Å². The number of carbonyl (C=O) groups is 1. The highest BCUT2D eigenvalue weighted by Crippen LogP contribution is 2.27. The molecule has 1 aromatic carbocycles. The molecule has 136 valence electrons. The van der Waals surface area contributed by atoms with Gasteiger partial charge in [0.05, 0.1) is 0 Å². The van der Waals surface area contributed by atoms with Crippen molar-refractivity contribution >= 4 is 24.4 Å². The molecule has 0 spiro atoms. The first kappa shape index (κ1) is 19.4. The van der Waals surface area contributed by atoms with Crippen molar-refractivity contribution in [3.05, 3.63) is 33.7 Å². The summed E-state index contributed by atoms with van der Waals surface area (Å²) in [6.07, 6.45) is -0.258. The molecule has 1 aliphatic heterocycles. The molecule has 0 radical (unpaired) electrons. The highest BCUT2D eigenvalue weighted by molar-refractivity contribution is 7.80. The molecule has 25 heavy (non-hydrogen) atoms. The van der Waals surface area contributed by atoms with Gasteiger partial charge in [0, 0.05) is 48.2 Å². The fourth-order valence-electron chi connectivity index (χ4n) is 2.71. The second-order valence-corrected chi connectivity index (χ2v) is 7.70. The highest BCUT2D eigenvalue weighted by atomic mass is 32.1. The van der Waals surface area contributed by atoms with Gasteiger partial charge < -0.3 is 9.64 Å². The zero-order chi connectivity index (χ0) is 18.6. The minimum atomic E-state index is -0.476. The van der Waals surface area contributed by atoms with Crippen molar-refractivity contribution in [1.82, 2.24) is 9.80 Å². The Balaban J connectivity index is 1.99. The maximum Gasteiger partial charge on any atom is 0.410 e. The molecule has 0 N–H and O–H groups in total. The van der Waals surface area contributed by atoms with Crippen LogP contribution >= 0.6 is 12.6 Å². The van der Waals surface area contributed by atoms with E-state index in [1.807, 2.05) is 33.8 Å². The van der Waals surface area contributed by atoms with Crippen molar-refractivity contribution in [2.75, 3.05) is 26.2 Å². The molecule has 7 nitrogen and oxygen atoms in total. The van der Waals surface area contributed by atoms with Gasteiger partial charge in [0.1, 0.15) is 5.60 Å². The van der Waals surface area contributed by atoms with Crippen molar-refractivity contribution < 1.29 is 9.53 Å². The number of piperazine rings is 1. The minimum absolute atomic E-state index is 0.258. The third-order valence-corrected chi connectivity index (χ3v) is 4.30. The molecular weight excluding hydrogens is 338 g/mol. The largest absolute Gasteiger partial charge is 0.444 e. The first-order chi connectivity index (χ1) is 11.7. The van der Waals surface area contributed by atoms with Gasteiger partial charge in [-0.2, -0.15) is 0 Å². The Kier molecular flexibility index (Phi) is 6.21. The summed E-state index contributed by atoms with van der Waals surface area (Å²) in [5.41, 5.74) is 10.9. The van der Waals surface area contributed by atoms with E-state index in [9.17, 15) is 4.79 Å². The van der Waals surface area contributed by atoms with E-state index in [1.165, 1.54) is 0 Å². The van der Waals surface area contributed by atoms with Crippen LogP contribution in [0.2, 0.25) is 0 Å². The second kappa shape index (κ2) is 7.99. The summed E-state index contributed by atoms with van der Waals surface area (Å²) in [4.78, 5) is 19.8. The molecule has 0 unspecified atom stereocenters. The Labute approximate surface area is 154 Å². The molecule has 2 rings (SSSR count). The molecule has 0 aliphatic carbocycles.